The number of rotatable bonds is 8. The number of ether oxygens (including phenoxy) is 1. The minimum Gasteiger partial charge on any atom is -0.497 e. The van der Waals surface area contributed by atoms with Gasteiger partial charge in [-0.15, -0.1) is 0 Å². The summed E-state index contributed by atoms with van der Waals surface area (Å²) in [7, 11) is 1.72. The lowest BCUT2D eigenvalue weighted by Crippen LogP contribution is -2.24. The van der Waals surface area contributed by atoms with Gasteiger partial charge in [-0.3, -0.25) is 0 Å². The van der Waals surface area contributed by atoms with E-state index in [2.05, 4.69) is 36.5 Å². The average Bonchev–Trinajstić information content (AvgIpc) is 3.24. The Bertz CT molecular complexity index is 343. The lowest BCUT2D eigenvalue weighted by atomic mass is 10.0. The zero-order valence-electron chi connectivity index (χ0n) is 11.6. The molecule has 1 aromatic carbocycles. The van der Waals surface area contributed by atoms with Crippen molar-refractivity contribution >= 4 is 0 Å². The largest absolute Gasteiger partial charge is 0.497 e. The van der Waals surface area contributed by atoms with E-state index in [1.807, 2.05) is 0 Å². The molecule has 0 heterocycles. The number of unbranched alkanes of at least 4 members (excludes halogenated alkanes) is 2. The molecule has 1 fully saturated rings. The molecule has 1 atom stereocenters. The van der Waals surface area contributed by atoms with E-state index in [4.69, 9.17) is 4.74 Å². The summed E-state index contributed by atoms with van der Waals surface area (Å²) in [5, 5.41) is 3.73. The zero-order valence-corrected chi connectivity index (χ0v) is 11.6. The van der Waals surface area contributed by atoms with E-state index in [0.717, 1.165) is 18.2 Å². The maximum atomic E-state index is 5.22. The summed E-state index contributed by atoms with van der Waals surface area (Å²) in [6.07, 6.45) is 6.65. The lowest BCUT2D eigenvalue weighted by molar-refractivity contribution is 0.413. The predicted octanol–water partition coefficient (Wildman–Crippen LogP) is 3.93. The molecule has 2 rings (SSSR count). The standard InChI is InChI=1S/C16H25NO/c1-3-4-5-12-17-16(13-6-7-13)14-8-10-15(18-2)11-9-14/h8-11,13,16-17H,3-7,12H2,1-2H3. The van der Waals surface area contributed by atoms with Crippen molar-refractivity contribution < 1.29 is 4.74 Å². The van der Waals surface area contributed by atoms with Crippen LogP contribution in [0, 0.1) is 5.92 Å². The molecule has 2 heteroatoms. The molecule has 1 N–H and O–H groups in total. The SMILES string of the molecule is CCCCCNC(c1ccc(OC)cc1)C1CC1. The molecule has 0 amide bonds. The Kier molecular flexibility index (Phi) is 5.06. The molecule has 0 radical (unpaired) electrons. The Morgan fingerprint density at radius 2 is 1.94 bits per heavy atom. The first-order chi connectivity index (χ1) is 8.85. The molecule has 0 saturated heterocycles. The molecule has 1 saturated carbocycles. The summed E-state index contributed by atoms with van der Waals surface area (Å²) in [6.45, 7) is 3.39. The van der Waals surface area contributed by atoms with Crippen molar-refractivity contribution in [2.75, 3.05) is 13.7 Å². The number of methoxy groups -OCH3 is 1. The highest BCUT2D eigenvalue weighted by Crippen LogP contribution is 2.41. The summed E-state index contributed by atoms with van der Waals surface area (Å²) in [4.78, 5) is 0. The van der Waals surface area contributed by atoms with Crippen molar-refractivity contribution in [1.82, 2.24) is 5.32 Å². The topological polar surface area (TPSA) is 21.3 Å². The van der Waals surface area contributed by atoms with Gasteiger partial charge in [-0.1, -0.05) is 31.9 Å². The number of benzene rings is 1. The third kappa shape index (κ3) is 3.74. The Morgan fingerprint density at radius 1 is 1.22 bits per heavy atom. The Balaban J connectivity index is 1.91. The lowest BCUT2D eigenvalue weighted by Gasteiger charge is -2.19. The van der Waals surface area contributed by atoms with Crippen LogP contribution in [0.3, 0.4) is 0 Å². The summed E-state index contributed by atoms with van der Waals surface area (Å²) < 4.78 is 5.22. The molecule has 18 heavy (non-hydrogen) atoms. The first-order valence-corrected chi connectivity index (χ1v) is 7.22. The second-order valence-corrected chi connectivity index (χ2v) is 5.25. The van der Waals surface area contributed by atoms with Gasteiger partial charge in [-0.25, -0.2) is 0 Å². The smallest absolute Gasteiger partial charge is 0.118 e. The molecule has 0 aromatic heterocycles. The molecular formula is C16H25NO. The summed E-state index contributed by atoms with van der Waals surface area (Å²) >= 11 is 0. The van der Waals surface area contributed by atoms with E-state index in [-0.39, 0.29) is 0 Å². The highest BCUT2D eigenvalue weighted by Gasteiger charge is 2.31. The van der Waals surface area contributed by atoms with Gasteiger partial charge < -0.3 is 10.1 Å². The minimum atomic E-state index is 0.549. The Labute approximate surface area is 111 Å². The van der Waals surface area contributed by atoms with Crippen molar-refractivity contribution in [3.8, 4) is 5.75 Å². The van der Waals surface area contributed by atoms with E-state index in [0.29, 0.717) is 6.04 Å². The van der Waals surface area contributed by atoms with Crippen LogP contribution in [-0.2, 0) is 0 Å². The van der Waals surface area contributed by atoms with Crippen molar-refractivity contribution in [3.63, 3.8) is 0 Å². The van der Waals surface area contributed by atoms with Crippen LogP contribution in [-0.4, -0.2) is 13.7 Å². The van der Waals surface area contributed by atoms with E-state index in [1.54, 1.807) is 7.11 Å². The fourth-order valence-electron chi connectivity index (χ4n) is 2.43. The normalized spacial score (nSPS) is 16.6. The highest BCUT2D eigenvalue weighted by molar-refractivity contribution is 5.30. The van der Waals surface area contributed by atoms with E-state index < -0.39 is 0 Å². The highest BCUT2D eigenvalue weighted by atomic mass is 16.5. The van der Waals surface area contributed by atoms with Gasteiger partial charge >= 0.3 is 0 Å². The summed E-state index contributed by atoms with van der Waals surface area (Å²) in [5.41, 5.74) is 1.41. The molecule has 1 unspecified atom stereocenters. The molecule has 100 valence electrons. The third-order valence-corrected chi connectivity index (χ3v) is 3.71. The van der Waals surface area contributed by atoms with Crippen molar-refractivity contribution in [3.05, 3.63) is 29.8 Å². The van der Waals surface area contributed by atoms with Gasteiger partial charge in [0, 0.05) is 6.04 Å². The Morgan fingerprint density at radius 3 is 2.50 bits per heavy atom. The minimum absolute atomic E-state index is 0.549. The molecule has 0 spiro atoms. The second kappa shape index (κ2) is 6.79. The molecule has 1 aliphatic rings. The first-order valence-electron chi connectivity index (χ1n) is 7.22. The quantitative estimate of drug-likeness (QED) is 0.703. The van der Waals surface area contributed by atoms with Crippen LogP contribution >= 0.6 is 0 Å². The fraction of sp³-hybridized carbons (Fsp3) is 0.625. The number of hydrogen-bond acceptors (Lipinski definition) is 2. The zero-order chi connectivity index (χ0) is 12.8. The van der Waals surface area contributed by atoms with Crippen LogP contribution in [0.4, 0.5) is 0 Å². The second-order valence-electron chi connectivity index (χ2n) is 5.25. The number of nitrogens with one attached hydrogen (secondary N) is 1. The van der Waals surface area contributed by atoms with E-state index >= 15 is 0 Å². The maximum absolute atomic E-state index is 5.22. The third-order valence-electron chi connectivity index (χ3n) is 3.71. The molecule has 1 aliphatic carbocycles. The molecular weight excluding hydrogens is 222 g/mol. The van der Waals surface area contributed by atoms with Crippen molar-refractivity contribution in [2.24, 2.45) is 5.92 Å². The van der Waals surface area contributed by atoms with Crippen molar-refractivity contribution in [2.45, 2.75) is 45.1 Å². The predicted molar refractivity (Wildman–Crippen MR) is 76.0 cm³/mol. The van der Waals surface area contributed by atoms with Crippen molar-refractivity contribution in [1.29, 1.82) is 0 Å². The van der Waals surface area contributed by atoms with Crippen LogP contribution in [0.2, 0.25) is 0 Å². The molecule has 1 aromatic rings. The van der Waals surface area contributed by atoms with E-state index in [9.17, 15) is 0 Å². The monoisotopic (exact) mass is 247 g/mol. The van der Waals surface area contributed by atoms with Gasteiger partial charge in [0.05, 0.1) is 7.11 Å². The van der Waals surface area contributed by atoms with Gasteiger partial charge in [0.25, 0.3) is 0 Å². The van der Waals surface area contributed by atoms with Crippen LogP contribution in [0.5, 0.6) is 5.75 Å². The molecule has 0 bridgehead atoms. The van der Waals surface area contributed by atoms with Crippen LogP contribution < -0.4 is 10.1 Å². The average molecular weight is 247 g/mol. The van der Waals surface area contributed by atoms with Crippen LogP contribution in [0.1, 0.15) is 50.6 Å². The van der Waals surface area contributed by atoms with Gasteiger partial charge in [-0.2, -0.15) is 0 Å². The van der Waals surface area contributed by atoms with Gasteiger partial charge in [0.1, 0.15) is 5.75 Å². The van der Waals surface area contributed by atoms with Gasteiger partial charge in [0.2, 0.25) is 0 Å². The van der Waals surface area contributed by atoms with E-state index in [1.165, 1.54) is 37.7 Å². The Hall–Kier alpha value is -1.02. The summed E-state index contributed by atoms with van der Waals surface area (Å²) in [6, 6.07) is 9.09. The fourth-order valence-corrected chi connectivity index (χ4v) is 2.43. The van der Waals surface area contributed by atoms with Gasteiger partial charge in [0.15, 0.2) is 0 Å². The van der Waals surface area contributed by atoms with Gasteiger partial charge in [-0.05, 0) is 49.4 Å². The van der Waals surface area contributed by atoms with Crippen LogP contribution in [0.25, 0.3) is 0 Å². The maximum Gasteiger partial charge on any atom is 0.118 e. The summed E-state index contributed by atoms with van der Waals surface area (Å²) in [5.74, 6) is 1.79. The number of hydrogen-bond donors (Lipinski definition) is 1. The van der Waals surface area contributed by atoms with Crippen LogP contribution in [0.15, 0.2) is 24.3 Å². The molecule has 0 aliphatic heterocycles. The molecule has 2 nitrogen and oxygen atoms in total. The first kappa shape index (κ1) is 13.4.